The number of likely N-dealkylation sites (N-methyl/N-ethyl adjacent to an activating group) is 1. The molecule has 0 radical (unpaired) electrons. The molecule has 20 heavy (non-hydrogen) atoms. The molecule has 1 rings (SSSR count). The summed E-state index contributed by atoms with van der Waals surface area (Å²) in [5.74, 6) is -0.451. The number of primary amides is 1. The molecule has 1 amide bonds. The third kappa shape index (κ3) is 4.81. The number of amides is 1. The first-order chi connectivity index (χ1) is 9.49. The average molecular weight is 282 g/mol. The van der Waals surface area contributed by atoms with E-state index in [9.17, 15) is 9.18 Å². The minimum atomic E-state index is -0.688. The van der Waals surface area contributed by atoms with E-state index in [4.69, 9.17) is 10.5 Å². The van der Waals surface area contributed by atoms with E-state index < -0.39 is 5.54 Å². The van der Waals surface area contributed by atoms with Gasteiger partial charge in [-0.15, -0.1) is 0 Å². The van der Waals surface area contributed by atoms with Crippen LogP contribution in [0.5, 0.6) is 5.75 Å². The van der Waals surface area contributed by atoms with Crippen LogP contribution in [0, 0.1) is 5.82 Å². The van der Waals surface area contributed by atoms with Crippen LogP contribution in [0.25, 0.3) is 0 Å². The molecule has 0 saturated heterocycles. The van der Waals surface area contributed by atoms with Gasteiger partial charge in [0.2, 0.25) is 5.91 Å². The Morgan fingerprint density at radius 3 is 2.70 bits per heavy atom. The van der Waals surface area contributed by atoms with Crippen LogP contribution in [0.4, 0.5) is 4.39 Å². The summed E-state index contributed by atoms with van der Waals surface area (Å²) in [7, 11) is 0. The molecular formula is C15H23FN2O2. The van der Waals surface area contributed by atoms with E-state index in [1.54, 1.807) is 25.1 Å². The fourth-order valence-corrected chi connectivity index (χ4v) is 2.01. The molecule has 1 aromatic rings. The first-order valence-electron chi connectivity index (χ1n) is 6.92. The molecule has 0 aliphatic carbocycles. The van der Waals surface area contributed by atoms with Gasteiger partial charge in [-0.05, 0) is 44.9 Å². The Labute approximate surface area is 119 Å². The average Bonchev–Trinajstić information content (AvgIpc) is 2.40. The smallest absolute Gasteiger partial charge is 0.237 e. The largest absolute Gasteiger partial charge is 0.491 e. The molecule has 0 heterocycles. The van der Waals surface area contributed by atoms with Crippen molar-refractivity contribution in [1.29, 1.82) is 0 Å². The van der Waals surface area contributed by atoms with Gasteiger partial charge in [0.05, 0.1) is 12.1 Å². The summed E-state index contributed by atoms with van der Waals surface area (Å²) in [4.78, 5) is 11.4. The SMILES string of the molecule is CCNC(C)(CCCCOc1ccccc1F)C(N)=O. The van der Waals surface area contributed by atoms with E-state index in [1.807, 2.05) is 6.92 Å². The number of carbonyl (C=O) groups excluding carboxylic acids is 1. The predicted octanol–water partition coefficient (Wildman–Crippen LogP) is 2.23. The highest BCUT2D eigenvalue weighted by atomic mass is 19.1. The first-order valence-corrected chi connectivity index (χ1v) is 6.92. The van der Waals surface area contributed by atoms with Gasteiger partial charge in [-0.25, -0.2) is 4.39 Å². The minimum Gasteiger partial charge on any atom is -0.491 e. The van der Waals surface area contributed by atoms with Crippen LogP contribution >= 0.6 is 0 Å². The Bertz CT molecular complexity index is 440. The highest BCUT2D eigenvalue weighted by Crippen LogP contribution is 2.17. The maximum Gasteiger partial charge on any atom is 0.237 e. The zero-order valence-electron chi connectivity index (χ0n) is 12.1. The monoisotopic (exact) mass is 282 g/mol. The van der Waals surface area contributed by atoms with Gasteiger partial charge in [-0.1, -0.05) is 19.1 Å². The second-order valence-corrected chi connectivity index (χ2v) is 4.96. The lowest BCUT2D eigenvalue weighted by Gasteiger charge is -2.26. The van der Waals surface area contributed by atoms with Gasteiger partial charge in [-0.2, -0.15) is 0 Å². The van der Waals surface area contributed by atoms with E-state index >= 15 is 0 Å². The molecule has 0 aliphatic rings. The standard InChI is InChI=1S/C15H23FN2O2/c1-3-18-15(2,14(17)19)10-6-7-11-20-13-9-5-4-8-12(13)16/h4-5,8-9,18H,3,6-7,10-11H2,1-2H3,(H2,17,19). The van der Waals surface area contributed by atoms with Crippen LogP contribution in [-0.4, -0.2) is 24.6 Å². The number of rotatable bonds is 9. The maximum absolute atomic E-state index is 13.3. The van der Waals surface area contributed by atoms with Crippen molar-refractivity contribution in [3.63, 3.8) is 0 Å². The molecule has 4 nitrogen and oxygen atoms in total. The second-order valence-electron chi connectivity index (χ2n) is 4.96. The van der Waals surface area contributed by atoms with Crippen molar-refractivity contribution < 1.29 is 13.9 Å². The summed E-state index contributed by atoms with van der Waals surface area (Å²) in [5.41, 5.74) is 4.71. The van der Waals surface area contributed by atoms with Gasteiger partial charge in [0.15, 0.2) is 11.6 Å². The Morgan fingerprint density at radius 2 is 2.10 bits per heavy atom. The molecule has 5 heteroatoms. The van der Waals surface area contributed by atoms with Crippen molar-refractivity contribution in [2.75, 3.05) is 13.2 Å². The fraction of sp³-hybridized carbons (Fsp3) is 0.533. The van der Waals surface area contributed by atoms with E-state index in [2.05, 4.69) is 5.32 Å². The molecule has 1 atom stereocenters. The normalized spacial score (nSPS) is 13.8. The van der Waals surface area contributed by atoms with E-state index in [-0.39, 0.29) is 17.5 Å². The zero-order chi connectivity index (χ0) is 15.0. The number of halogens is 1. The van der Waals surface area contributed by atoms with Crippen LogP contribution in [0.3, 0.4) is 0 Å². The van der Waals surface area contributed by atoms with Crippen molar-refractivity contribution in [3.05, 3.63) is 30.1 Å². The van der Waals surface area contributed by atoms with E-state index in [0.29, 0.717) is 19.6 Å². The van der Waals surface area contributed by atoms with Gasteiger partial charge in [0.25, 0.3) is 0 Å². The topological polar surface area (TPSA) is 64.3 Å². The van der Waals surface area contributed by atoms with Crippen molar-refractivity contribution >= 4 is 5.91 Å². The summed E-state index contributed by atoms with van der Waals surface area (Å²) in [6.07, 6.45) is 2.15. The number of carbonyl (C=O) groups is 1. The molecule has 1 aromatic carbocycles. The summed E-state index contributed by atoms with van der Waals surface area (Å²) >= 11 is 0. The number of para-hydroxylation sites is 1. The van der Waals surface area contributed by atoms with Crippen molar-refractivity contribution in [3.8, 4) is 5.75 Å². The number of benzene rings is 1. The van der Waals surface area contributed by atoms with E-state index in [0.717, 1.165) is 12.8 Å². The summed E-state index contributed by atoms with van der Waals surface area (Å²) in [5, 5.41) is 3.10. The van der Waals surface area contributed by atoms with Gasteiger partial charge in [0.1, 0.15) is 0 Å². The van der Waals surface area contributed by atoms with Gasteiger partial charge < -0.3 is 15.8 Å². The molecule has 0 aliphatic heterocycles. The Balaban J connectivity index is 2.31. The molecule has 0 fully saturated rings. The van der Waals surface area contributed by atoms with E-state index in [1.165, 1.54) is 6.07 Å². The Kier molecular flexibility index (Phi) is 6.45. The second kappa shape index (κ2) is 7.85. The quantitative estimate of drug-likeness (QED) is 0.683. The molecule has 0 spiro atoms. The number of nitrogens with one attached hydrogen (secondary N) is 1. The lowest BCUT2D eigenvalue weighted by molar-refractivity contribution is -0.124. The van der Waals surface area contributed by atoms with Crippen LogP contribution in [0.1, 0.15) is 33.1 Å². The molecule has 0 aromatic heterocycles. The van der Waals surface area contributed by atoms with Crippen LogP contribution in [0.2, 0.25) is 0 Å². The Hall–Kier alpha value is -1.62. The van der Waals surface area contributed by atoms with Gasteiger partial charge in [-0.3, -0.25) is 4.79 Å². The third-order valence-electron chi connectivity index (χ3n) is 3.28. The molecule has 0 bridgehead atoms. The number of unbranched alkanes of at least 4 members (excludes halogenated alkanes) is 1. The van der Waals surface area contributed by atoms with Crippen molar-refractivity contribution in [2.24, 2.45) is 5.73 Å². The maximum atomic E-state index is 13.3. The number of hydrogen-bond acceptors (Lipinski definition) is 3. The predicted molar refractivity (Wildman–Crippen MR) is 77.0 cm³/mol. The first kappa shape index (κ1) is 16.4. The molecule has 3 N–H and O–H groups in total. The zero-order valence-corrected chi connectivity index (χ0v) is 12.1. The lowest BCUT2D eigenvalue weighted by atomic mass is 9.94. The van der Waals surface area contributed by atoms with Gasteiger partial charge in [0, 0.05) is 0 Å². The van der Waals surface area contributed by atoms with Crippen molar-refractivity contribution in [2.45, 2.75) is 38.6 Å². The highest BCUT2D eigenvalue weighted by Gasteiger charge is 2.28. The lowest BCUT2D eigenvalue weighted by Crippen LogP contribution is -2.53. The third-order valence-corrected chi connectivity index (χ3v) is 3.28. The van der Waals surface area contributed by atoms with Gasteiger partial charge >= 0.3 is 0 Å². The van der Waals surface area contributed by atoms with Crippen molar-refractivity contribution in [1.82, 2.24) is 5.32 Å². The van der Waals surface area contributed by atoms with Crippen LogP contribution in [0.15, 0.2) is 24.3 Å². The van der Waals surface area contributed by atoms with Crippen LogP contribution in [-0.2, 0) is 4.79 Å². The molecular weight excluding hydrogens is 259 g/mol. The molecule has 1 unspecified atom stereocenters. The summed E-state index contributed by atoms with van der Waals surface area (Å²) in [6.45, 7) is 4.84. The number of ether oxygens (including phenoxy) is 1. The number of nitrogens with two attached hydrogens (primary N) is 1. The number of hydrogen-bond donors (Lipinski definition) is 2. The molecule has 112 valence electrons. The highest BCUT2D eigenvalue weighted by molar-refractivity contribution is 5.84. The van der Waals surface area contributed by atoms with Crippen LogP contribution < -0.4 is 15.8 Å². The fourth-order valence-electron chi connectivity index (χ4n) is 2.01. The summed E-state index contributed by atoms with van der Waals surface area (Å²) < 4.78 is 18.7. The minimum absolute atomic E-state index is 0.261. The Morgan fingerprint density at radius 1 is 1.40 bits per heavy atom. The summed E-state index contributed by atoms with van der Waals surface area (Å²) in [6, 6.07) is 6.32. The molecule has 0 saturated carbocycles.